The summed E-state index contributed by atoms with van der Waals surface area (Å²) >= 11 is 11.9. The number of hydrogen-bond acceptors (Lipinski definition) is 6. The van der Waals surface area contributed by atoms with Gasteiger partial charge in [0.15, 0.2) is 0 Å². The topological polar surface area (TPSA) is 63.7 Å². The first-order valence-corrected chi connectivity index (χ1v) is 8.60. The van der Waals surface area contributed by atoms with Crippen LogP contribution in [-0.2, 0) is 11.4 Å². The van der Waals surface area contributed by atoms with Gasteiger partial charge in [-0.05, 0) is 40.3 Å². The molecule has 1 aromatic heterocycles. The first kappa shape index (κ1) is 16.1. The predicted molar refractivity (Wildman–Crippen MR) is 90.2 cm³/mol. The highest BCUT2D eigenvalue weighted by Gasteiger charge is 2.18. The molecule has 3 rings (SSSR count). The molecule has 2 heterocycles. The van der Waals surface area contributed by atoms with Gasteiger partial charge in [0.2, 0.25) is 0 Å². The molecule has 1 fully saturated rings. The summed E-state index contributed by atoms with van der Waals surface area (Å²) in [5.74, 6) is 0.357. The van der Waals surface area contributed by atoms with E-state index >= 15 is 0 Å². The van der Waals surface area contributed by atoms with Crippen LogP contribution in [0, 0.1) is 4.84 Å². The van der Waals surface area contributed by atoms with Gasteiger partial charge in [-0.3, -0.25) is 4.90 Å². The molecule has 1 saturated heterocycles. The number of hydrogen-bond donors (Lipinski definition) is 1. The van der Waals surface area contributed by atoms with Crippen LogP contribution >= 0.6 is 44.1 Å². The molecule has 0 saturated carbocycles. The Hall–Kier alpha value is -0.740. The number of halogens is 2. The van der Waals surface area contributed by atoms with Crippen molar-refractivity contribution in [2.75, 3.05) is 26.3 Å². The Balaban J connectivity index is 1.90. The lowest BCUT2D eigenvalue weighted by atomic mass is 10.2. The van der Waals surface area contributed by atoms with E-state index in [0.717, 1.165) is 17.6 Å². The minimum Gasteiger partial charge on any atom is -0.506 e. The second-order valence-corrected chi connectivity index (χ2v) is 6.95. The van der Waals surface area contributed by atoms with Gasteiger partial charge in [0.05, 0.1) is 29.9 Å². The van der Waals surface area contributed by atoms with E-state index in [9.17, 15) is 5.11 Å². The SMILES string of the molecule is Oc1c(Br)cc(Br)cc1-c1nn(CN2CCOCC2)c(=S)o1. The highest BCUT2D eigenvalue weighted by molar-refractivity contribution is 9.11. The third kappa shape index (κ3) is 3.43. The molecule has 1 aromatic carbocycles. The molecule has 0 atom stereocenters. The highest BCUT2D eigenvalue weighted by atomic mass is 79.9. The van der Waals surface area contributed by atoms with E-state index in [1.165, 1.54) is 0 Å². The third-order valence-corrected chi connectivity index (χ3v) is 4.66. The minimum absolute atomic E-state index is 0.0676. The third-order valence-electron chi connectivity index (χ3n) is 3.30. The molecule has 0 unspecified atom stereocenters. The van der Waals surface area contributed by atoms with E-state index in [1.54, 1.807) is 16.8 Å². The molecule has 22 heavy (non-hydrogen) atoms. The van der Waals surface area contributed by atoms with Crippen LogP contribution in [0.3, 0.4) is 0 Å². The van der Waals surface area contributed by atoms with Crippen molar-refractivity contribution in [1.29, 1.82) is 0 Å². The van der Waals surface area contributed by atoms with Crippen molar-refractivity contribution in [3.8, 4) is 17.2 Å². The molecule has 0 amide bonds. The van der Waals surface area contributed by atoms with Crippen molar-refractivity contribution in [2.45, 2.75) is 6.67 Å². The molecule has 0 spiro atoms. The Kier molecular flexibility index (Phi) is 4.98. The smallest absolute Gasteiger partial charge is 0.288 e. The fourth-order valence-electron chi connectivity index (χ4n) is 2.17. The molecule has 0 aliphatic carbocycles. The maximum absolute atomic E-state index is 10.2. The summed E-state index contributed by atoms with van der Waals surface area (Å²) in [5.41, 5.74) is 0.480. The number of phenols is 1. The molecule has 6 nitrogen and oxygen atoms in total. The molecular formula is C13H13Br2N3O3S. The van der Waals surface area contributed by atoms with Gasteiger partial charge in [-0.25, -0.2) is 4.68 Å². The molecular weight excluding hydrogens is 438 g/mol. The summed E-state index contributed by atoms with van der Waals surface area (Å²) < 4.78 is 13.8. The van der Waals surface area contributed by atoms with Crippen molar-refractivity contribution in [3.63, 3.8) is 0 Å². The zero-order valence-electron chi connectivity index (χ0n) is 11.5. The van der Waals surface area contributed by atoms with Gasteiger partial charge < -0.3 is 14.3 Å². The van der Waals surface area contributed by atoms with Gasteiger partial charge >= 0.3 is 0 Å². The lowest BCUT2D eigenvalue weighted by molar-refractivity contribution is 0.0206. The normalized spacial score (nSPS) is 16.1. The van der Waals surface area contributed by atoms with Crippen LogP contribution in [0.4, 0.5) is 0 Å². The number of aromatic nitrogens is 2. The number of ether oxygens (including phenoxy) is 1. The van der Waals surface area contributed by atoms with Crippen molar-refractivity contribution < 1.29 is 14.3 Å². The van der Waals surface area contributed by atoms with Crippen molar-refractivity contribution in [1.82, 2.24) is 14.7 Å². The Morgan fingerprint density at radius 3 is 2.73 bits per heavy atom. The van der Waals surface area contributed by atoms with Gasteiger partial charge in [-0.15, -0.1) is 5.10 Å². The van der Waals surface area contributed by atoms with Crippen molar-refractivity contribution in [2.24, 2.45) is 0 Å². The van der Waals surface area contributed by atoms with Crippen LogP contribution < -0.4 is 0 Å². The van der Waals surface area contributed by atoms with E-state index in [1.807, 2.05) is 0 Å². The van der Waals surface area contributed by atoms with Gasteiger partial charge in [-0.2, -0.15) is 0 Å². The largest absolute Gasteiger partial charge is 0.506 e. The Bertz CT molecular complexity index is 741. The molecule has 9 heteroatoms. The maximum atomic E-state index is 10.2. The van der Waals surface area contributed by atoms with Crippen molar-refractivity contribution in [3.05, 3.63) is 25.9 Å². The van der Waals surface area contributed by atoms with Crippen LogP contribution in [0.15, 0.2) is 25.5 Å². The standard InChI is InChI=1S/C13H13Br2N3O3S/c14-8-5-9(11(19)10(15)6-8)12-16-18(13(22)21-12)7-17-1-3-20-4-2-17/h5-6,19H,1-4,7H2. The van der Waals surface area contributed by atoms with E-state index < -0.39 is 0 Å². The summed E-state index contributed by atoms with van der Waals surface area (Å²) in [6, 6.07) is 3.48. The minimum atomic E-state index is 0.0676. The number of benzene rings is 1. The second-order valence-electron chi connectivity index (χ2n) is 4.83. The average molecular weight is 451 g/mol. The highest BCUT2D eigenvalue weighted by Crippen LogP contribution is 2.37. The fourth-order valence-corrected chi connectivity index (χ4v) is 3.57. The van der Waals surface area contributed by atoms with Gasteiger partial charge in [0.1, 0.15) is 5.75 Å². The predicted octanol–water partition coefficient (Wildman–Crippen LogP) is 3.39. The van der Waals surface area contributed by atoms with Crippen LogP contribution in [0.5, 0.6) is 5.75 Å². The monoisotopic (exact) mass is 449 g/mol. The Morgan fingerprint density at radius 1 is 1.27 bits per heavy atom. The second kappa shape index (κ2) is 6.79. The van der Waals surface area contributed by atoms with Gasteiger partial charge in [0.25, 0.3) is 10.7 Å². The van der Waals surface area contributed by atoms with Crippen LogP contribution in [0.1, 0.15) is 0 Å². The summed E-state index contributed by atoms with van der Waals surface area (Å²) in [6.45, 7) is 3.62. The van der Waals surface area contributed by atoms with Gasteiger partial charge in [0, 0.05) is 17.6 Å². The lowest BCUT2D eigenvalue weighted by Crippen LogP contribution is -2.37. The summed E-state index contributed by atoms with van der Waals surface area (Å²) in [6.07, 6.45) is 0. The number of nitrogens with zero attached hydrogens (tertiary/aromatic N) is 3. The first-order valence-electron chi connectivity index (χ1n) is 6.61. The number of phenolic OH excluding ortho intramolecular Hbond substituents is 1. The molecule has 1 N–H and O–H groups in total. The molecule has 118 valence electrons. The maximum Gasteiger partial charge on any atom is 0.288 e. The van der Waals surface area contributed by atoms with E-state index in [0.29, 0.717) is 29.9 Å². The number of morpholine rings is 1. The quantitative estimate of drug-likeness (QED) is 0.723. The van der Waals surface area contributed by atoms with E-state index in [4.69, 9.17) is 21.4 Å². The zero-order chi connectivity index (χ0) is 15.7. The molecule has 0 radical (unpaired) electrons. The summed E-state index contributed by atoms with van der Waals surface area (Å²) in [5, 5.41) is 14.5. The van der Waals surface area contributed by atoms with Crippen molar-refractivity contribution >= 4 is 44.1 Å². The van der Waals surface area contributed by atoms with Crippen LogP contribution in [0.2, 0.25) is 0 Å². The Labute approximate surface area is 148 Å². The van der Waals surface area contributed by atoms with E-state index in [2.05, 4.69) is 41.9 Å². The molecule has 1 aliphatic heterocycles. The summed E-state index contributed by atoms with van der Waals surface area (Å²) in [4.78, 5) is 2.46. The fraction of sp³-hybridized carbons (Fsp3) is 0.385. The first-order chi connectivity index (χ1) is 10.5. The van der Waals surface area contributed by atoms with Crippen LogP contribution in [0.25, 0.3) is 11.5 Å². The number of aromatic hydroxyl groups is 1. The van der Waals surface area contributed by atoms with Crippen LogP contribution in [-0.4, -0.2) is 46.1 Å². The zero-order valence-corrected chi connectivity index (χ0v) is 15.4. The average Bonchev–Trinajstić information content (AvgIpc) is 2.85. The number of rotatable bonds is 3. The molecule has 0 bridgehead atoms. The lowest BCUT2D eigenvalue weighted by Gasteiger charge is -2.25. The van der Waals surface area contributed by atoms with E-state index in [-0.39, 0.29) is 16.5 Å². The molecule has 1 aliphatic rings. The molecule has 2 aromatic rings. The Morgan fingerprint density at radius 2 is 2.00 bits per heavy atom. The van der Waals surface area contributed by atoms with Gasteiger partial charge in [-0.1, -0.05) is 15.9 Å². The summed E-state index contributed by atoms with van der Waals surface area (Å²) in [7, 11) is 0.